The van der Waals surface area contributed by atoms with Crippen molar-refractivity contribution in [1.29, 1.82) is 5.26 Å². The Balaban J connectivity index is 2.22. The number of nitriles is 1. The molecule has 0 saturated carbocycles. The van der Waals surface area contributed by atoms with Crippen molar-refractivity contribution in [3.05, 3.63) is 70.5 Å². The minimum Gasteiger partial charge on any atom is -0.383 e. The third kappa shape index (κ3) is 3.08. The fourth-order valence-electron chi connectivity index (χ4n) is 2.33. The van der Waals surface area contributed by atoms with E-state index in [9.17, 15) is 9.65 Å². The van der Waals surface area contributed by atoms with Gasteiger partial charge in [-0.25, -0.2) is 9.37 Å². The normalized spacial score (nSPS) is 10.3. The van der Waals surface area contributed by atoms with Crippen molar-refractivity contribution in [1.82, 2.24) is 4.98 Å². The van der Waals surface area contributed by atoms with E-state index in [4.69, 9.17) is 5.73 Å². The summed E-state index contributed by atoms with van der Waals surface area (Å²) in [5.41, 5.74) is 9.16. The van der Waals surface area contributed by atoms with E-state index >= 15 is 0 Å². The molecule has 0 fully saturated rings. The zero-order valence-electron chi connectivity index (χ0n) is 11.9. The summed E-state index contributed by atoms with van der Waals surface area (Å²) in [6.07, 6.45) is 0. The Morgan fingerprint density at radius 1 is 1.04 bits per heavy atom. The van der Waals surface area contributed by atoms with Crippen molar-refractivity contribution in [2.24, 2.45) is 0 Å². The first kappa shape index (κ1) is 15.2. The lowest BCUT2D eigenvalue weighted by Crippen LogP contribution is -1.99. The van der Waals surface area contributed by atoms with E-state index in [0.29, 0.717) is 16.8 Å². The number of aromatic nitrogens is 1. The molecule has 0 unspecified atom stereocenters. The molecule has 3 nitrogen and oxygen atoms in total. The van der Waals surface area contributed by atoms with Gasteiger partial charge in [-0.1, -0.05) is 28.1 Å². The number of benzene rings is 2. The van der Waals surface area contributed by atoms with Crippen LogP contribution in [-0.4, -0.2) is 4.98 Å². The Labute approximate surface area is 141 Å². The van der Waals surface area contributed by atoms with Gasteiger partial charge in [-0.05, 0) is 48.0 Å². The molecular weight excluding hydrogens is 357 g/mol. The number of nitrogens with two attached hydrogens (primary N) is 1. The van der Waals surface area contributed by atoms with Crippen LogP contribution in [0.25, 0.3) is 22.4 Å². The minimum atomic E-state index is -0.317. The lowest BCUT2D eigenvalue weighted by atomic mass is 9.98. The minimum absolute atomic E-state index is 0.157. The van der Waals surface area contributed by atoms with Crippen molar-refractivity contribution in [2.75, 3.05) is 5.73 Å². The van der Waals surface area contributed by atoms with E-state index in [2.05, 4.69) is 27.0 Å². The second-order valence-corrected chi connectivity index (χ2v) is 5.86. The summed E-state index contributed by atoms with van der Waals surface area (Å²) in [5, 5.41) is 9.40. The first-order valence-electron chi connectivity index (χ1n) is 6.81. The summed E-state index contributed by atoms with van der Waals surface area (Å²) in [6.45, 7) is 0. The van der Waals surface area contributed by atoms with Crippen molar-refractivity contribution in [3.63, 3.8) is 0 Å². The second-order valence-electron chi connectivity index (χ2n) is 4.94. The van der Waals surface area contributed by atoms with E-state index in [-0.39, 0.29) is 11.6 Å². The quantitative estimate of drug-likeness (QED) is 0.709. The number of nitrogen functional groups attached to an aromatic ring is 1. The molecule has 0 aliphatic rings. The molecular formula is C18H11BrFN3. The van der Waals surface area contributed by atoms with Crippen LogP contribution in [0.5, 0.6) is 0 Å². The number of hydrogen-bond acceptors (Lipinski definition) is 3. The third-order valence-electron chi connectivity index (χ3n) is 3.43. The summed E-state index contributed by atoms with van der Waals surface area (Å²) in [7, 11) is 0. The SMILES string of the molecule is N#Cc1c(-c2cccc(Br)c2)cc(-c2ccc(F)cc2)nc1N. The van der Waals surface area contributed by atoms with Gasteiger partial charge in [-0.3, -0.25) is 0 Å². The highest BCUT2D eigenvalue weighted by Crippen LogP contribution is 2.32. The average Bonchev–Trinajstić information content (AvgIpc) is 2.55. The molecule has 0 bridgehead atoms. The van der Waals surface area contributed by atoms with Crippen molar-refractivity contribution in [3.8, 4) is 28.5 Å². The van der Waals surface area contributed by atoms with Gasteiger partial charge in [-0.15, -0.1) is 0 Å². The Hall–Kier alpha value is -2.71. The first-order valence-corrected chi connectivity index (χ1v) is 7.60. The summed E-state index contributed by atoms with van der Waals surface area (Å²) < 4.78 is 14.0. The number of hydrogen-bond donors (Lipinski definition) is 1. The molecule has 2 N–H and O–H groups in total. The zero-order chi connectivity index (χ0) is 16.4. The molecule has 5 heteroatoms. The lowest BCUT2D eigenvalue weighted by molar-refractivity contribution is 0.628. The predicted octanol–water partition coefficient (Wildman–Crippen LogP) is 4.77. The average molecular weight is 368 g/mol. The number of pyridine rings is 1. The number of nitrogens with zero attached hydrogens (tertiary/aromatic N) is 2. The van der Waals surface area contributed by atoms with Gasteiger partial charge in [0.2, 0.25) is 0 Å². The number of anilines is 1. The van der Waals surface area contributed by atoms with E-state index in [1.165, 1.54) is 12.1 Å². The maximum atomic E-state index is 13.1. The molecule has 0 radical (unpaired) electrons. The van der Waals surface area contributed by atoms with Crippen molar-refractivity contribution in [2.45, 2.75) is 0 Å². The summed E-state index contributed by atoms with van der Waals surface area (Å²) in [5.74, 6) is -0.160. The van der Waals surface area contributed by atoms with Crippen LogP contribution in [0.1, 0.15) is 5.56 Å². The highest BCUT2D eigenvalue weighted by atomic mass is 79.9. The predicted molar refractivity (Wildman–Crippen MR) is 91.9 cm³/mol. The molecule has 2 aromatic carbocycles. The Bertz CT molecular complexity index is 915. The maximum Gasteiger partial charge on any atom is 0.142 e. The highest BCUT2D eigenvalue weighted by Gasteiger charge is 2.13. The molecule has 0 aliphatic heterocycles. The van der Waals surface area contributed by atoms with Gasteiger partial charge in [-0.2, -0.15) is 5.26 Å². The van der Waals surface area contributed by atoms with Gasteiger partial charge in [0.05, 0.1) is 5.69 Å². The van der Waals surface area contributed by atoms with Crippen LogP contribution >= 0.6 is 15.9 Å². The number of halogens is 2. The molecule has 0 amide bonds. The summed E-state index contributed by atoms with van der Waals surface area (Å²) >= 11 is 3.42. The summed E-state index contributed by atoms with van der Waals surface area (Å²) in [4.78, 5) is 4.27. The van der Waals surface area contributed by atoms with Crippen LogP contribution in [-0.2, 0) is 0 Å². The van der Waals surface area contributed by atoms with Crippen molar-refractivity contribution >= 4 is 21.7 Å². The van der Waals surface area contributed by atoms with Crippen LogP contribution in [0.15, 0.2) is 59.1 Å². The Kier molecular flexibility index (Phi) is 4.09. The molecule has 112 valence electrons. The van der Waals surface area contributed by atoms with Crippen molar-refractivity contribution < 1.29 is 4.39 Å². The molecule has 23 heavy (non-hydrogen) atoms. The summed E-state index contributed by atoms with van der Waals surface area (Å²) in [6, 6.07) is 17.5. The van der Waals surface area contributed by atoms with Gasteiger partial charge < -0.3 is 5.73 Å². The molecule has 0 atom stereocenters. The molecule has 0 spiro atoms. The first-order chi connectivity index (χ1) is 11.1. The van der Waals surface area contributed by atoms with Gasteiger partial charge in [0.1, 0.15) is 23.3 Å². The van der Waals surface area contributed by atoms with Gasteiger partial charge >= 0.3 is 0 Å². The molecule has 1 aromatic heterocycles. The smallest absolute Gasteiger partial charge is 0.142 e. The zero-order valence-corrected chi connectivity index (χ0v) is 13.5. The van der Waals surface area contributed by atoms with E-state index in [0.717, 1.165) is 15.6 Å². The van der Waals surface area contributed by atoms with Crippen LogP contribution in [0, 0.1) is 17.1 Å². The van der Waals surface area contributed by atoms with Crippen LogP contribution in [0.2, 0.25) is 0 Å². The molecule has 1 heterocycles. The monoisotopic (exact) mass is 367 g/mol. The lowest BCUT2D eigenvalue weighted by Gasteiger charge is -2.10. The fourth-order valence-corrected chi connectivity index (χ4v) is 2.73. The third-order valence-corrected chi connectivity index (χ3v) is 3.93. The molecule has 0 aliphatic carbocycles. The van der Waals surface area contributed by atoms with Gasteiger partial charge in [0, 0.05) is 15.6 Å². The molecule has 3 aromatic rings. The maximum absolute atomic E-state index is 13.1. The van der Waals surface area contributed by atoms with Crippen LogP contribution in [0.3, 0.4) is 0 Å². The molecule has 3 rings (SSSR count). The van der Waals surface area contributed by atoms with Crippen LogP contribution < -0.4 is 5.73 Å². The Morgan fingerprint density at radius 3 is 2.43 bits per heavy atom. The van der Waals surface area contributed by atoms with Gasteiger partial charge in [0.25, 0.3) is 0 Å². The topological polar surface area (TPSA) is 62.7 Å². The largest absolute Gasteiger partial charge is 0.383 e. The Morgan fingerprint density at radius 2 is 1.78 bits per heavy atom. The van der Waals surface area contributed by atoms with E-state index in [1.54, 1.807) is 18.2 Å². The number of rotatable bonds is 2. The van der Waals surface area contributed by atoms with Gasteiger partial charge in [0.15, 0.2) is 0 Å². The van der Waals surface area contributed by atoms with E-state index < -0.39 is 0 Å². The highest BCUT2D eigenvalue weighted by molar-refractivity contribution is 9.10. The fraction of sp³-hybridized carbons (Fsp3) is 0. The van der Waals surface area contributed by atoms with E-state index in [1.807, 2.05) is 24.3 Å². The standard InChI is InChI=1S/C18H11BrFN3/c19-13-3-1-2-12(8-13)15-9-17(23-18(22)16(15)10-21)11-4-6-14(20)7-5-11/h1-9H,(H2,22,23). The molecule has 0 saturated heterocycles. The second kappa shape index (κ2) is 6.19. The van der Waals surface area contributed by atoms with Crippen LogP contribution in [0.4, 0.5) is 10.2 Å².